The Hall–Kier alpha value is -0.610. The van der Waals surface area contributed by atoms with Crippen LogP contribution in [0.15, 0.2) is 0 Å². The van der Waals surface area contributed by atoms with Crippen molar-refractivity contribution in [1.82, 2.24) is 10.6 Å². The van der Waals surface area contributed by atoms with Crippen LogP contribution < -0.4 is 10.6 Å². The van der Waals surface area contributed by atoms with Gasteiger partial charge in [0.05, 0.1) is 12.6 Å². The minimum absolute atomic E-state index is 0.0421. The van der Waals surface area contributed by atoms with Crippen LogP contribution in [0.2, 0.25) is 0 Å². The van der Waals surface area contributed by atoms with Gasteiger partial charge in [-0.1, -0.05) is 0 Å². The minimum atomic E-state index is -0.150. The third-order valence-corrected chi connectivity index (χ3v) is 2.20. The van der Waals surface area contributed by atoms with Crippen molar-refractivity contribution in [2.45, 2.75) is 45.3 Å². The average molecular weight is 214 g/mol. The highest BCUT2D eigenvalue weighted by Crippen LogP contribution is 2.10. The number of carbonyl (C=O) groups is 1. The monoisotopic (exact) mass is 214 g/mol. The summed E-state index contributed by atoms with van der Waals surface area (Å²) in [5.41, 5.74) is -0.150. The van der Waals surface area contributed by atoms with Gasteiger partial charge in [0.1, 0.15) is 0 Å². The molecule has 88 valence electrons. The summed E-state index contributed by atoms with van der Waals surface area (Å²) in [6.07, 6.45) is 2.54. The van der Waals surface area contributed by atoms with E-state index in [1.807, 2.05) is 20.8 Å². The summed E-state index contributed by atoms with van der Waals surface area (Å²) in [4.78, 5) is 11.4. The van der Waals surface area contributed by atoms with Crippen LogP contribution in [0.25, 0.3) is 0 Å². The largest absolute Gasteiger partial charge is 0.377 e. The quantitative estimate of drug-likeness (QED) is 0.723. The van der Waals surface area contributed by atoms with Crippen molar-refractivity contribution in [1.29, 1.82) is 0 Å². The van der Waals surface area contributed by atoms with E-state index in [-0.39, 0.29) is 11.4 Å². The standard InChI is InChI=1S/C11H22N2O2/c1-11(2,3)13-10(14)8-12-7-9-5-4-6-15-9/h9,12H,4-8H2,1-3H3,(H,13,14)/t9-/m1/s1. The maximum absolute atomic E-state index is 11.4. The highest BCUT2D eigenvalue weighted by atomic mass is 16.5. The van der Waals surface area contributed by atoms with Crippen LogP contribution in [0, 0.1) is 0 Å². The molecule has 1 atom stereocenters. The van der Waals surface area contributed by atoms with Crippen molar-refractivity contribution in [2.24, 2.45) is 0 Å². The predicted octanol–water partition coefficient (Wildman–Crippen LogP) is 0.670. The van der Waals surface area contributed by atoms with Gasteiger partial charge in [-0.2, -0.15) is 0 Å². The minimum Gasteiger partial charge on any atom is -0.377 e. The van der Waals surface area contributed by atoms with Crippen molar-refractivity contribution in [3.05, 3.63) is 0 Å². The molecule has 0 spiro atoms. The Labute approximate surface area is 91.8 Å². The van der Waals surface area contributed by atoms with Crippen molar-refractivity contribution in [2.75, 3.05) is 19.7 Å². The first-order chi connectivity index (χ1) is 6.97. The molecule has 0 unspecified atom stereocenters. The number of carbonyl (C=O) groups excluding carboxylic acids is 1. The zero-order chi connectivity index (χ0) is 11.3. The van der Waals surface area contributed by atoms with E-state index < -0.39 is 0 Å². The van der Waals surface area contributed by atoms with E-state index in [2.05, 4.69) is 10.6 Å². The van der Waals surface area contributed by atoms with E-state index in [1.165, 1.54) is 0 Å². The Balaban J connectivity index is 2.06. The van der Waals surface area contributed by atoms with Crippen molar-refractivity contribution in [3.63, 3.8) is 0 Å². The first-order valence-electron chi connectivity index (χ1n) is 5.61. The van der Waals surface area contributed by atoms with Crippen LogP contribution in [0.1, 0.15) is 33.6 Å². The van der Waals surface area contributed by atoms with Crippen LogP contribution in [-0.4, -0.2) is 37.2 Å². The molecule has 1 rings (SSSR count). The number of amides is 1. The van der Waals surface area contributed by atoms with E-state index in [4.69, 9.17) is 4.74 Å². The molecule has 4 heteroatoms. The van der Waals surface area contributed by atoms with Gasteiger partial charge in [-0.05, 0) is 33.6 Å². The molecule has 4 nitrogen and oxygen atoms in total. The molecular formula is C11H22N2O2. The summed E-state index contributed by atoms with van der Waals surface area (Å²) in [5, 5.41) is 6.01. The average Bonchev–Trinajstić information content (AvgIpc) is 2.53. The van der Waals surface area contributed by atoms with E-state index >= 15 is 0 Å². The van der Waals surface area contributed by atoms with Crippen LogP contribution >= 0.6 is 0 Å². The van der Waals surface area contributed by atoms with Crippen LogP contribution in [0.3, 0.4) is 0 Å². The van der Waals surface area contributed by atoms with E-state index in [9.17, 15) is 4.79 Å². The Morgan fingerprint density at radius 3 is 2.73 bits per heavy atom. The lowest BCUT2D eigenvalue weighted by Gasteiger charge is -2.20. The van der Waals surface area contributed by atoms with Gasteiger partial charge in [0.15, 0.2) is 0 Å². The summed E-state index contributed by atoms with van der Waals surface area (Å²) >= 11 is 0. The van der Waals surface area contributed by atoms with Gasteiger partial charge in [0, 0.05) is 18.7 Å². The van der Waals surface area contributed by atoms with Gasteiger partial charge in [-0.3, -0.25) is 4.79 Å². The Morgan fingerprint density at radius 1 is 1.47 bits per heavy atom. The Morgan fingerprint density at radius 2 is 2.20 bits per heavy atom. The van der Waals surface area contributed by atoms with Crippen molar-refractivity contribution >= 4 is 5.91 Å². The van der Waals surface area contributed by atoms with Gasteiger partial charge >= 0.3 is 0 Å². The summed E-state index contributed by atoms with van der Waals surface area (Å²) in [5.74, 6) is 0.0421. The van der Waals surface area contributed by atoms with Crippen LogP contribution in [0.5, 0.6) is 0 Å². The summed E-state index contributed by atoms with van der Waals surface area (Å²) in [6.45, 7) is 7.94. The molecule has 2 N–H and O–H groups in total. The normalized spacial score (nSPS) is 21.7. The zero-order valence-electron chi connectivity index (χ0n) is 9.93. The molecule has 1 aliphatic rings. The second-order valence-electron chi connectivity index (χ2n) is 5.06. The topological polar surface area (TPSA) is 50.4 Å². The molecule has 0 aromatic heterocycles. The predicted molar refractivity (Wildman–Crippen MR) is 59.7 cm³/mol. The Kier molecular flexibility index (Phi) is 4.54. The molecule has 1 aliphatic heterocycles. The first kappa shape index (κ1) is 12.5. The smallest absolute Gasteiger partial charge is 0.234 e. The number of hydrogen-bond acceptors (Lipinski definition) is 3. The lowest BCUT2D eigenvalue weighted by Crippen LogP contribution is -2.45. The van der Waals surface area contributed by atoms with E-state index in [1.54, 1.807) is 0 Å². The molecule has 15 heavy (non-hydrogen) atoms. The van der Waals surface area contributed by atoms with E-state index in [0.29, 0.717) is 12.6 Å². The fourth-order valence-corrected chi connectivity index (χ4v) is 1.61. The van der Waals surface area contributed by atoms with Gasteiger partial charge < -0.3 is 15.4 Å². The Bertz CT molecular complexity index is 205. The molecule has 0 radical (unpaired) electrons. The summed E-state index contributed by atoms with van der Waals surface area (Å²) in [6, 6.07) is 0. The molecular weight excluding hydrogens is 192 g/mol. The third-order valence-electron chi connectivity index (χ3n) is 2.20. The van der Waals surface area contributed by atoms with Crippen LogP contribution in [-0.2, 0) is 9.53 Å². The molecule has 1 heterocycles. The number of rotatable bonds is 4. The zero-order valence-corrected chi connectivity index (χ0v) is 9.93. The molecule has 0 bridgehead atoms. The highest BCUT2D eigenvalue weighted by Gasteiger charge is 2.16. The first-order valence-corrected chi connectivity index (χ1v) is 5.61. The van der Waals surface area contributed by atoms with Gasteiger partial charge in [-0.15, -0.1) is 0 Å². The van der Waals surface area contributed by atoms with Gasteiger partial charge in [0.25, 0.3) is 0 Å². The number of nitrogens with one attached hydrogen (secondary N) is 2. The van der Waals surface area contributed by atoms with Gasteiger partial charge in [0.2, 0.25) is 5.91 Å². The molecule has 1 amide bonds. The maximum Gasteiger partial charge on any atom is 0.234 e. The number of ether oxygens (including phenoxy) is 1. The fourth-order valence-electron chi connectivity index (χ4n) is 1.61. The van der Waals surface area contributed by atoms with E-state index in [0.717, 1.165) is 26.0 Å². The lowest BCUT2D eigenvalue weighted by atomic mass is 10.1. The molecule has 1 saturated heterocycles. The van der Waals surface area contributed by atoms with Crippen molar-refractivity contribution in [3.8, 4) is 0 Å². The molecule has 0 saturated carbocycles. The fraction of sp³-hybridized carbons (Fsp3) is 0.909. The SMILES string of the molecule is CC(C)(C)NC(=O)CNC[C@H]1CCCO1. The summed E-state index contributed by atoms with van der Waals surface area (Å²) < 4.78 is 5.44. The maximum atomic E-state index is 11.4. The second kappa shape index (κ2) is 5.47. The highest BCUT2D eigenvalue weighted by molar-refractivity contribution is 5.78. The van der Waals surface area contributed by atoms with Crippen LogP contribution in [0.4, 0.5) is 0 Å². The lowest BCUT2D eigenvalue weighted by molar-refractivity contribution is -0.121. The number of hydrogen-bond donors (Lipinski definition) is 2. The molecule has 1 fully saturated rings. The molecule has 0 aliphatic carbocycles. The summed E-state index contributed by atoms with van der Waals surface area (Å²) in [7, 11) is 0. The molecule has 0 aromatic carbocycles. The van der Waals surface area contributed by atoms with Gasteiger partial charge in [-0.25, -0.2) is 0 Å². The second-order valence-corrected chi connectivity index (χ2v) is 5.06. The van der Waals surface area contributed by atoms with Crippen molar-refractivity contribution < 1.29 is 9.53 Å². The third kappa shape index (κ3) is 5.74. The molecule has 0 aromatic rings.